The molecule has 0 saturated carbocycles. The Kier molecular flexibility index (Phi) is 5.70. The van der Waals surface area contributed by atoms with Gasteiger partial charge in [0.15, 0.2) is 11.4 Å². The number of aromatic nitrogens is 5. The number of H-pyrrole nitrogens is 1. The molecule has 1 saturated heterocycles. The summed E-state index contributed by atoms with van der Waals surface area (Å²) >= 11 is 0. The van der Waals surface area contributed by atoms with E-state index in [2.05, 4.69) is 25.8 Å². The summed E-state index contributed by atoms with van der Waals surface area (Å²) in [6.07, 6.45) is 0.536. The third-order valence-corrected chi connectivity index (χ3v) is 5.06. The number of aromatic amines is 1. The van der Waals surface area contributed by atoms with Crippen molar-refractivity contribution in [3.63, 3.8) is 0 Å². The molecule has 0 radical (unpaired) electrons. The number of likely N-dealkylation sites (tertiary alicyclic amines) is 1. The van der Waals surface area contributed by atoms with Crippen LogP contribution in [0.5, 0.6) is 0 Å². The number of halogens is 1. The Labute approximate surface area is 171 Å². The minimum absolute atomic E-state index is 0.0102. The van der Waals surface area contributed by atoms with Crippen LogP contribution in [-0.2, 0) is 11.3 Å². The molecular weight excluding hydrogens is 393 g/mol. The topological polar surface area (TPSA) is 118 Å². The highest BCUT2D eigenvalue weighted by molar-refractivity contribution is 6.04. The van der Waals surface area contributed by atoms with E-state index in [-0.39, 0.29) is 42.7 Å². The molecule has 10 nitrogen and oxygen atoms in total. The molecule has 1 aliphatic rings. The number of benzene rings is 1. The van der Waals surface area contributed by atoms with Crippen LogP contribution >= 0.6 is 0 Å². The van der Waals surface area contributed by atoms with Gasteiger partial charge in [-0.25, -0.2) is 9.07 Å². The number of hydrogen-bond donors (Lipinski definition) is 2. The predicted octanol–water partition coefficient (Wildman–Crippen LogP) is 0.783. The highest BCUT2D eigenvalue weighted by Gasteiger charge is 2.37. The monoisotopic (exact) mass is 415 g/mol. The highest BCUT2D eigenvalue weighted by Crippen LogP contribution is 2.26. The normalized spacial score (nSPS) is 18.8. The molecule has 0 aliphatic carbocycles. The van der Waals surface area contributed by atoms with Crippen LogP contribution in [0.15, 0.2) is 30.5 Å². The minimum atomic E-state index is -1.13. The molecule has 1 fully saturated rings. The summed E-state index contributed by atoms with van der Waals surface area (Å²) in [6, 6.07) is 6.87. The zero-order valence-electron chi connectivity index (χ0n) is 16.4. The summed E-state index contributed by atoms with van der Waals surface area (Å²) in [5, 5.41) is 18.1. The van der Waals surface area contributed by atoms with E-state index in [1.807, 2.05) is 18.2 Å². The summed E-state index contributed by atoms with van der Waals surface area (Å²) in [7, 11) is 1.54. The molecule has 2 atom stereocenters. The maximum Gasteiger partial charge on any atom is 0.275 e. The Morgan fingerprint density at radius 2 is 2.20 bits per heavy atom. The molecular formula is C19H22FN7O3. The molecule has 2 aromatic heterocycles. The molecule has 11 heteroatoms. The van der Waals surface area contributed by atoms with E-state index in [9.17, 15) is 14.0 Å². The molecule has 3 aromatic rings. The lowest BCUT2D eigenvalue weighted by molar-refractivity contribution is 0.0710. The zero-order valence-corrected chi connectivity index (χ0v) is 16.4. The van der Waals surface area contributed by atoms with Gasteiger partial charge in [0, 0.05) is 25.5 Å². The van der Waals surface area contributed by atoms with E-state index in [4.69, 9.17) is 4.74 Å². The molecule has 30 heavy (non-hydrogen) atoms. The molecule has 0 bridgehead atoms. The number of fused-ring (bicyclic) bond motifs is 1. The van der Waals surface area contributed by atoms with Crippen molar-refractivity contribution in [1.82, 2.24) is 35.4 Å². The first kappa shape index (κ1) is 20.0. The van der Waals surface area contributed by atoms with Gasteiger partial charge >= 0.3 is 0 Å². The average molecular weight is 415 g/mol. The fourth-order valence-corrected chi connectivity index (χ4v) is 3.61. The Morgan fingerprint density at radius 3 is 3.03 bits per heavy atom. The molecule has 1 aromatic carbocycles. The lowest BCUT2D eigenvalue weighted by atomic mass is 10.1. The Bertz CT molecular complexity index is 1050. The Hall–Kier alpha value is -3.34. The Balaban J connectivity index is 1.47. The van der Waals surface area contributed by atoms with Gasteiger partial charge in [-0.15, -0.1) is 5.10 Å². The lowest BCUT2D eigenvalue weighted by Gasteiger charge is -2.23. The van der Waals surface area contributed by atoms with Gasteiger partial charge in [-0.1, -0.05) is 23.4 Å². The summed E-state index contributed by atoms with van der Waals surface area (Å²) in [5.41, 5.74) is 1.16. The number of alkyl halides is 1. The number of nitrogens with one attached hydrogen (secondary N) is 2. The van der Waals surface area contributed by atoms with E-state index in [0.29, 0.717) is 18.5 Å². The molecule has 4 rings (SSSR count). The molecule has 0 unspecified atom stereocenters. The van der Waals surface area contributed by atoms with Crippen molar-refractivity contribution in [3.05, 3.63) is 41.9 Å². The molecule has 0 spiro atoms. The van der Waals surface area contributed by atoms with Crippen LogP contribution in [0, 0.1) is 0 Å². The maximum atomic E-state index is 14.2. The van der Waals surface area contributed by atoms with Gasteiger partial charge in [-0.2, -0.15) is 5.10 Å². The molecule has 1 aliphatic heterocycles. The first-order valence-electron chi connectivity index (χ1n) is 9.62. The average Bonchev–Trinajstić information content (AvgIpc) is 3.46. The number of carbonyl (C=O) groups is 2. The fourth-order valence-electron chi connectivity index (χ4n) is 3.61. The van der Waals surface area contributed by atoms with Crippen LogP contribution in [0.25, 0.3) is 10.9 Å². The van der Waals surface area contributed by atoms with Crippen LogP contribution in [0.4, 0.5) is 4.39 Å². The van der Waals surface area contributed by atoms with Gasteiger partial charge in [-0.05, 0) is 6.07 Å². The van der Waals surface area contributed by atoms with E-state index in [0.717, 1.165) is 5.52 Å². The number of carbonyl (C=O) groups excluding carboxylic acids is 2. The van der Waals surface area contributed by atoms with Crippen LogP contribution < -0.4 is 5.32 Å². The largest absolute Gasteiger partial charge is 0.383 e. The summed E-state index contributed by atoms with van der Waals surface area (Å²) < 4.78 is 20.5. The van der Waals surface area contributed by atoms with Gasteiger partial charge in [0.1, 0.15) is 6.17 Å². The Morgan fingerprint density at radius 1 is 1.37 bits per heavy atom. The highest BCUT2D eigenvalue weighted by atomic mass is 19.1. The SMILES string of the molecule is COCCNC(=O)c1cn(C[C@@H]2C[C@H](F)CN2C(=O)c2n[nH]c3ccccc23)nn1. The van der Waals surface area contributed by atoms with Crippen molar-refractivity contribution in [2.45, 2.75) is 25.2 Å². The predicted molar refractivity (Wildman–Crippen MR) is 105 cm³/mol. The quantitative estimate of drug-likeness (QED) is 0.551. The fraction of sp³-hybridized carbons (Fsp3) is 0.421. The van der Waals surface area contributed by atoms with E-state index in [1.165, 1.54) is 15.8 Å². The summed E-state index contributed by atoms with van der Waals surface area (Å²) in [4.78, 5) is 26.6. The summed E-state index contributed by atoms with van der Waals surface area (Å²) in [6.45, 7) is 0.962. The number of nitrogens with zero attached hydrogens (tertiary/aromatic N) is 5. The molecule has 158 valence electrons. The second-order valence-electron chi connectivity index (χ2n) is 7.14. The molecule has 2 amide bonds. The van der Waals surface area contributed by atoms with Crippen LogP contribution in [0.1, 0.15) is 27.4 Å². The van der Waals surface area contributed by atoms with Gasteiger partial charge < -0.3 is 15.0 Å². The zero-order chi connectivity index (χ0) is 21.1. The van der Waals surface area contributed by atoms with E-state index < -0.39 is 12.2 Å². The van der Waals surface area contributed by atoms with Crippen LogP contribution in [-0.4, -0.2) is 80.9 Å². The lowest BCUT2D eigenvalue weighted by Crippen LogP contribution is -2.38. The number of ether oxygens (including phenoxy) is 1. The van der Waals surface area contributed by atoms with Crippen LogP contribution in [0.3, 0.4) is 0 Å². The number of para-hydroxylation sites is 1. The van der Waals surface area contributed by atoms with Gasteiger partial charge in [0.05, 0.1) is 37.5 Å². The van der Waals surface area contributed by atoms with Gasteiger partial charge in [0.25, 0.3) is 11.8 Å². The summed E-state index contributed by atoms with van der Waals surface area (Å²) in [5.74, 6) is -0.709. The number of methoxy groups -OCH3 is 1. The standard InChI is InChI=1S/C19H22FN7O3/c1-30-7-6-21-18(28)16-11-26(25-23-16)10-13-8-12(20)9-27(13)19(29)17-14-4-2-3-5-15(14)22-24-17/h2-5,11-13H,6-10H2,1H3,(H,21,28)(H,22,24)/t12-,13-/m0/s1. The van der Waals surface area contributed by atoms with Gasteiger partial charge in [0.2, 0.25) is 0 Å². The van der Waals surface area contributed by atoms with Gasteiger partial charge in [-0.3, -0.25) is 14.7 Å². The smallest absolute Gasteiger partial charge is 0.275 e. The molecule has 3 heterocycles. The third-order valence-electron chi connectivity index (χ3n) is 5.06. The van der Waals surface area contributed by atoms with Crippen molar-refractivity contribution in [2.75, 3.05) is 26.8 Å². The first-order valence-corrected chi connectivity index (χ1v) is 9.62. The molecule has 2 N–H and O–H groups in total. The van der Waals surface area contributed by atoms with Crippen molar-refractivity contribution in [1.29, 1.82) is 0 Å². The second-order valence-corrected chi connectivity index (χ2v) is 7.14. The van der Waals surface area contributed by atoms with Crippen LogP contribution in [0.2, 0.25) is 0 Å². The first-order chi connectivity index (χ1) is 14.6. The van der Waals surface area contributed by atoms with Crippen molar-refractivity contribution in [2.24, 2.45) is 0 Å². The van der Waals surface area contributed by atoms with Crippen molar-refractivity contribution >= 4 is 22.7 Å². The second kappa shape index (κ2) is 8.57. The number of hydrogen-bond acceptors (Lipinski definition) is 6. The maximum absolute atomic E-state index is 14.2. The third kappa shape index (κ3) is 4.01. The van der Waals surface area contributed by atoms with E-state index >= 15 is 0 Å². The number of rotatable bonds is 7. The minimum Gasteiger partial charge on any atom is -0.383 e. The number of amides is 2. The van der Waals surface area contributed by atoms with Crippen molar-refractivity contribution in [3.8, 4) is 0 Å². The van der Waals surface area contributed by atoms with E-state index in [1.54, 1.807) is 13.2 Å². The van der Waals surface area contributed by atoms with Crippen molar-refractivity contribution < 1.29 is 18.7 Å².